The third kappa shape index (κ3) is 4.24. The first kappa shape index (κ1) is 13.1. The van der Waals surface area contributed by atoms with Crippen LogP contribution in [0.15, 0.2) is 29.2 Å². The van der Waals surface area contributed by atoms with Crippen LogP contribution < -0.4 is 0 Å². The molecule has 0 atom stereocenters. The van der Waals surface area contributed by atoms with Crippen molar-refractivity contribution in [1.29, 1.82) is 0 Å². The van der Waals surface area contributed by atoms with Crippen molar-refractivity contribution in [1.82, 2.24) is 0 Å². The molecule has 0 heterocycles. The number of rotatable bonds is 6. The standard InChI is InChI=1S/C12H16O3S/c1-2-7-14-8-9-15-12(13)10-5-3-4-6-11(10)16/h3-6,16H,2,7-9H2,1H3. The summed E-state index contributed by atoms with van der Waals surface area (Å²) >= 11 is 4.18. The Morgan fingerprint density at radius 2 is 2.00 bits per heavy atom. The zero-order valence-electron chi connectivity index (χ0n) is 9.31. The maximum atomic E-state index is 11.6. The van der Waals surface area contributed by atoms with Gasteiger partial charge in [0.25, 0.3) is 0 Å². The lowest BCUT2D eigenvalue weighted by Gasteiger charge is -2.06. The van der Waals surface area contributed by atoms with E-state index < -0.39 is 0 Å². The van der Waals surface area contributed by atoms with Gasteiger partial charge in [-0.15, -0.1) is 12.6 Å². The quantitative estimate of drug-likeness (QED) is 0.471. The molecule has 0 radical (unpaired) electrons. The van der Waals surface area contributed by atoms with E-state index in [9.17, 15) is 4.79 Å². The molecule has 88 valence electrons. The summed E-state index contributed by atoms with van der Waals surface area (Å²) in [6, 6.07) is 7.05. The number of ether oxygens (including phenoxy) is 2. The first-order valence-electron chi connectivity index (χ1n) is 5.28. The highest BCUT2D eigenvalue weighted by atomic mass is 32.1. The van der Waals surface area contributed by atoms with Gasteiger partial charge in [-0.3, -0.25) is 0 Å². The minimum absolute atomic E-state index is 0.279. The molecule has 1 aromatic rings. The van der Waals surface area contributed by atoms with Crippen LogP contribution in [0.2, 0.25) is 0 Å². The summed E-state index contributed by atoms with van der Waals surface area (Å²) in [6.07, 6.45) is 0.966. The Balaban J connectivity index is 2.33. The Bertz CT molecular complexity index is 339. The van der Waals surface area contributed by atoms with Gasteiger partial charge in [0.2, 0.25) is 0 Å². The van der Waals surface area contributed by atoms with Gasteiger partial charge < -0.3 is 9.47 Å². The SMILES string of the molecule is CCCOCCOC(=O)c1ccccc1S. The molecule has 3 nitrogen and oxygen atoms in total. The van der Waals surface area contributed by atoms with E-state index in [1.54, 1.807) is 18.2 Å². The van der Waals surface area contributed by atoms with Crippen LogP contribution in [0, 0.1) is 0 Å². The summed E-state index contributed by atoms with van der Waals surface area (Å²) < 4.78 is 10.2. The predicted molar refractivity (Wildman–Crippen MR) is 65.1 cm³/mol. The van der Waals surface area contributed by atoms with E-state index >= 15 is 0 Å². The highest BCUT2D eigenvalue weighted by Gasteiger charge is 2.09. The van der Waals surface area contributed by atoms with Gasteiger partial charge >= 0.3 is 5.97 Å². The number of hydrogen-bond donors (Lipinski definition) is 1. The van der Waals surface area contributed by atoms with Gasteiger partial charge in [-0.25, -0.2) is 4.79 Å². The van der Waals surface area contributed by atoms with Gasteiger partial charge in [0, 0.05) is 11.5 Å². The second kappa shape index (κ2) is 7.30. The maximum Gasteiger partial charge on any atom is 0.339 e. The van der Waals surface area contributed by atoms with Crippen LogP contribution in [0.3, 0.4) is 0 Å². The van der Waals surface area contributed by atoms with Crippen LogP contribution in [-0.4, -0.2) is 25.8 Å². The van der Waals surface area contributed by atoms with E-state index in [4.69, 9.17) is 9.47 Å². The van der Waals surface area contributed by atoms with Gasteiger partial charge in [-0.2, -0.15) is 0 Å². The highest BCUT2D eigenvalue weighted by molar-refractivity contribution is 7.80. The number of benzene rings is 1. The van der Waals surface area contributed by atoms with Crippen molar-refractivity contribution in [3.8, 4) is 0 Å². The molecule has 0 unspecified atom stereocenters. The van der Waals surface area contributed by atoms with Crippen LogP contribution in [0.1, 0.15) is 23.7 Å². The average molecular weight is 240 g/mol. The number of esters is 1. The monoisotopic (exact) mass is 240 g/mol. The Morgan fingerprint density at radius 1 is 1.25 bits per heavy atom. The maximum absolute atomic E-state index is 11.6. The van der Waals surface area contributed by atoms with Crippen LogP contribution >= 0.6 is 12.6 Å². The largest absolute Gasteiger partial charge is 0.460 e. The van der Waals surface area contributed by atoms with Crippen molar-refractivity contribution in [3.05, 3.63) is 29.8 Å². The van der Waals surface area contributed by atoms with Crippen molar-refractivity contribution >= 4 is 18.6 Å². The van der Waals surface area contributed by atoms with E-state index in [2.05, 4.69) is 12.6 Å². The van der Waals surface area contributed by atoms with Crippen molar-refractivity contribution < 1.29 is 14.3 Å². The molecule has 0 bridgehead atoms. The van der Waals surface area contributed by atoms with Crippen molar-refractivity contribution in [2.75, 3.05) is 19.8 Å². The molecule has 0 N–H and O–H groups in total. The van der Waals surface area contributed by atoms with Crippen molar-refractivity contribution in [2.24, 2.45) is 0 Å². The molecule has 1 rings (SSSR count). The van der Waals surface area contributed by atoms with E-state index in [0.717, 1.165) is 6.42 Å². The highest BCUT2D eigenvalue weighted by Crippen LogP contribution is 2.13. The normalized spacial score (nSPS) is 10.1. The van der Waals surface area contributed by atoms with Crippen molar-refractivity contribution in [2.45, 2.75) is 18.2 Å². The van der Waals surface area contributed by atoms with Crippen molar-refractivity contribution in [3.63, 3.8) is 0 Å². The van der Waals surface area contributed by atoms with Gasteiger partial charge in [0.15, 0.2) is 0 Å². The zero-order chi connectivity index (χ0) is 11.8. The van der Waals surface area contributed by atoms with E-state index in [1.165, 1.54) is 0 Å². The smallest absolute Gasteiger partial charge is 0.339 e. The summed E-state index contributed by atoms with van der Waals surface area (Å²) in [5, 5.41) is 0. The minimum atomic E-state index is -0.356. The molecule has 1 aromatic carbocycles. The predicted octanol–water partition coefficient (Wildman–Crippen LogP) is 2.56. The Kier molecular flexibility index (Phi) is 5.96. The van der Waals surface area contributed by atoms with Crippen LogP contribution in [0.25, 0.3) is 0 Å². The number of hydrogen-bond acceptors (Lipinski definition) is 4. The molecular formula is C12H16O3S. The first-order valence-corrected chi connectivity index (χ1v) is 5.73. The average Bonchev–Trinajstić information content (AvgIpc) is 2.29. The minimum Gasteiger partial charge on any atom is -0.460 e. The van der Waals surface area contributed by atoms with Gasteiger partial charge in [-0.1, -0.05) is 19.1 Å². The zero-order valence-corrected chi connectivity index (χ0v) is 10.2. The second-order valence-electron chi connectivity index (χ2n) is 3.27. The Morgan fingerprint density at radius 3 is 2.69 bits per heavy atom. The van der Waals surface area contributed by atoms with Crippen LogP contribution in [0.4, 0.5) is 0 Å². The second-order valence-corrected chi connectivity index (χ2v) is 3.75. The van der Waals surface area contributed by atoms with Crippen LogP contribution in [-0.2, 0) is 9.47 Å². The number of carbonyl (C=O) groups is 1. The topological polar surface area (TPSA) is 35.5 Å². The van der Waals surface area contributed by atoms with Crippen LogP contribution in [0.5, 0.6) is 0 Å². The van der Waals surface area contributed by atoms with Gasteiger partial charge in [0.1, 0.15) is 6.61 Å². The molecule has 0 aliphatic heterocycles. The van der Waals surface area contributed by atoms with E-state index in [1.807, 2.05) is 13.0 Å². The lowest BCUT2D eigenvalue weighted by Crippen LogP contribution is -2.11. The fourth-order valence-electron chi connectivity index (χ4n) is 1.16. The molecule has 0 amide bonds. The molecule has 0 fully saturated rings. The first-order chi connectivity index (χ1) is 7.75. The van der Waals surface area contributed by atoms with Gasteiger partial charge in [0.05, 0.1) is 12.2 Å². The third-order valence-corrected chi connectivity index (χ3v) is 2.32. The lowest BCUT2D eigenvalue weighted by atomic mass is 10.2. The Hall–Kier alpha value is -1.00. The summed E-state index contributed by atoms with van der Waals surface area (Å²) in [4.78, 5) is 12.2. The molecule has 0 saturated heterocycles. The summed E-state index contributed by atoms with van der Waals surface area (Å²) in [5.74, 6) is -0.356. The third-order valence-electron chi connectivity index (χ3n) is 1.93. The summed E-state index contributed by atoms with van der Waals surface area (Å²) in [5.41, 5.74) is 0.487. The van der Waals surface area contributed by atoms with E-state index in [-0.39, 0.29) is 12.6 Å². The molecule has 0 aromatic heterocycles. The fraction of sp³-hybridized carbons (Fsp3) is 0.417. The lowest BCUT2D eigenvalue weighted by molar-refractivity contribution is 0.0315. The molecular weight excluding hydrogens is 224 g/mol. The summed E-state index contributed by atoms with van der Waals surface area (Å²) in [6.45, 7) is 3.44. The molecule has 0 spiro atoms. The molecule has 16 heavy (non-hydrogen) atoms. The Labute approximate surface area is 101 Å². The molecule has 0 aliphatic carbocycles. The molecule has 4 heteroatoms. The fourth-order valence-corrected chi connectivity index (χ4v) is 1.42. The number of thiol groups is 1. The van der Waals surface area contributed by atoms with E-state index in [0.29, 0.717) is 23.7 Å². The molecule has 0 aliphatic rings. The van der Waals surface area contributed by atoms with Gasteiger partial charge in [-0.05, 0) is 18.6 Å². The molecule has 0 saturated carbocycles. The summed E-state index contributed by atoms with van der Waals surface area (Å²) in [7, 11) is 0. The number of carbonyl (C=O) groups excluding carboxylic acids is 1.